The third-order valence-electron chi connectivity index (χ3n) is 2.50. The first-order chi connectivity index (χ1) is 8.06. The van der Waals surface area contributed by atoms with Crippen LogP contribution < -0.4 is 10.6 Å². The summed E-state index contributed by atoms with van der Waals surface area (Å²) in [5, 5.41) is 15.0. The van der Waals surface area contributed by atoms with Gasteiger partial charge in [0.15, 0.2) is 0 Å². The van der Waals surface area contributed by atoms with Gasteiger partial charge in [0, 0.05) is 24.6 Å². The zero-order valence-corrected chi connectivity index (χ0v) is 12.0. The maximum absolute atomic E-state index is 10.9. The smallest absolute Gasteiger partial charge is 0.314 e. The first-order valence-corrected chi connectivity index (χ1v) is 7.36. The summed E-state index contributed by atoms with van der Waals surface area (Å²) in [4.78, 5) is 10.9. The fourth-order valence-corrected chi connectivity index (χ4v) is 2.42. The van der Waals surface area contributed by atoms with Gasteiger partial charge in [-0.1, -0.05) is 19.8 Å². The average Bonchev–Trinajstić information content (AvgIpc) is 2.29. The van der Waals surface area contributed by atoms with Gasteiger partial charge in [-0.25, -0.2) is 4.79 Å². The standard InChI is InChI=1S/C12H26N2O2S/c1-10(15)6-4-5-7-11(2)17-9-8-14-12(16)13-3/h10-11,15H,4-9H2,1-3H3,(H2,13,14,16)/t10?,11-/m1/s1. The Morgan fingerprint density at radius 1 is 1.29 bits per heavy atom. The molecule has 102 valence electrons. The maximum atomic E-state index is 10.9. The number of hydrogen-bond donors (Lipinski definition) is 3. The van der Waals surface area contributed by atoms with E-state index in [4.69, 9.17) is 5.11 Å². The van der Waals surface area contributed by atoms with Crippen LogP contribution in [0.3, 0.4) is 0 Å². The number of aliphatic hydroxyl groups is 1. The van der Waals surface area contributed by atoms with Crippen molar-refractivity contribution < 1.29 is 9.90 Å². The molecular formula is C12H26N2O2S. The number of unbranched alkanes of at least 4 members (excludes halogenated alkanes) is 1. The molecule has 17 heavy (non-hydrogen) atoms. The van der Waals surface area contributed by atoms with Crippen LogP contribution in [0.15, 0.2) is 0 Å². The van der Waals surface area contributed by atoms with Gasteiger partial charge in [0.2, 0.25) is 0 Å². The van der Waals surface area contributed by atoms with Crippen LogP contribution in [0.1, 0.15) is 39.5 Å². The van der Waals surface area contributed by atoms with Crippen molar-refractivity contribution in [3.63, 3.8) is 0 Å². The summed E-state index contributed by atoms with van der Waals surface area (Å²) >= 11 is 1.88. The molecule has 0 bridgehead atoms. The Bertz CT molecular complexity index is 201. The van der Waals surface area contributed by atoms with Crippen molar-refractivity contribution in [2.75, 3.05) is 19.3 Å². The first kappa shape index (κ1) is 16.6. The first-order valence-electron chi connectivity index (χ1n) is 6.31. The second kappa shape index (κ2) is 10.7. The van der Waals surface area contributed by atoms with E-state index in [2.05, 4.69) is 17.6 Å². The molecule has 3 N–H and O–H groups in total. The number of urea groups is 1. The largest absolute Gasteiger partial charge is 0.393 e. The number of aliphatic hydroxyl groups excluding tert-OH is 1. The van der Waals surface area contributed by atoms with Crippen molar-refractivity contribution in [1.82, 2.24) is 10.6 Å². The zero-order chi connectivity index (χ0) is 13.1. The van der Waals surface area contributed by atoms with E-state index < -0.39 is 0 Å². The molecule has 0 saturated heterocycles. The van der Waals surface area contributed by atoms with E-state index in [0.29, 0.717) is 11.8 Å². The van der Waals surface area contributed by atoms with Gasteiger partial charge in [0.25, 0.3) is 0 Å². The molecule has 0 aliphatic rings. The molecule has 0 heterocycles. The van der Waals surface area contributed by atoms with Crippen molar-refractivity contribution in [2.24, 2.45) is 0 Å². The lowest BCUT2D eigenvalue weighted by Gasteiger charge is -2.11. The van der Waals surface area contributed by atoms with Crippen molar-refractivity contribution in [3.05, 3.63) is 0 Å². The van der Waals surface area contributed by atoms with E-state index in [0.717, 1.165) is 18.6 Å². The quantitative estimate of drug-likeness (QED) is 0.557. The van der Waals surface area contributed by atoms with Crippen LogP contribution in [0.4, 0.5) is 4.79 Å². The fraction of sp³-hybridized carbons (Fsp3) is 0.917. The molecule has 0 aliphatic carbocycles. The minimum atomic E-state index is -0.172. The summed E-state index contributed by atoms with van der Waals surface area (Å²) in [7, 11) is 1.62. The second-order valence-corrected chi connectivity index (χ2v) is 5.87. The van der Waals surface area contributed by atoms with Gasteiger partial charge in [-0.05, 0) is 19.8 Å². The molecule has 0 aromatic carbocycles. The highest BCUT2D eigenvalue weighted by molar-refractivity contribution is 7.99. The molecule has 0 aliphatic heterocycles. The van der Waals surface area contributed by atoms with Crippen molar-refractivity contribution >= 4 is 17.8 Å². The van der Waals surface area contributed by atoms with Gasteiger partial charge in [-0.15, -0.1) is 0 Å². The van der Waals surface area contributed by atoms with E-state index in [1.54, 1.807) is 7.05 Å². The molecule has 1 unspecified atom stereocenters. The summed E-state index contributed by atoms with van der Waals surface area (Å²) in [6, 6.07) is -0.116. The fourth-order valence-electron chi connectivity index (χ4n) is 1.47. The lowest BCUT2D eigenvalue weighted by molar-refractivity contribution is 0.180. The van der Waals surface area contributed by atoms with Crippen LogP contribution in [0, 0.1) is 0 Å². The van der Waals surface area contributed by atoms with Crippen LogP contribution in [0.2, 0.25) is 0 Å². The Morgan fingerprint density at radius 2 is 1.94 bits per heavy atom. The van der Waals surface area contributed by atoms with E-state index in [1.807, 2.05) is 18.7 Å². The highest BCUT2D eigenvalue weighted by atomic mass is 32.2. The predicted octanol–water partition coefficient (Wildman–Crippen LogP) is 1.98. The Labute approximate surface area is 109 Å². The maximum Gasteiger partial charge on any atom is 0.314 e. The SMILES string of the molecule is CNC(=O)NCCS[C@H](C)CCCCC(C)O. The molecule has 0 aromatic heterocycles. The lowest BCUT2D eigenvalue weighted by Crippen LogP contribution is -2.34. The van der Waals surface area contributed by atoms with Gasteiger partial charge < -0.3 is 15.7 Å². The number of carbonyl (C=O) groups excluding carboxylic acids is 1. The molecule has 0 saturated carbocycles. The van der Waals surface area contributed by atoms with Crippen molar-refractivity contribution in [2.45, 2.75) is 50.9 Å². The van der Waals surface area contributed by atoms with Gasteiger partial charge in [0.05, 0.1) is 6.10 Å². The summed E-state index contributed by atoms with van der Waals surface area (Å²) in [6.07, 6.45) is 4.17. The number of nitrogens with one attached hydrogen (secondary N) is 2. The van der Waals surface area contributed by atoms with Crippen LogP contribution in [-0.2, 0) is 0 Å². The van der Waals surface area contributed by atoms with Crippen LogP contribution >= 0.6 is 11.8 Å². The summed E-state index contributed by atoms with van der Waals surface area (Å²) in [5.74, 6) is 0.949. The minimum absolute atomic E-state index is 0.116. The topological polar surface area (TPSA) is 61.4 Å². The molecule has 5 heteroatoms. The summed E-state index contributed by atoms with van der Waals surface area (Å²) < 4.78 is 0. The monoisotopic (exact) mass is 262 g/mol. The number of thioether (sulfide) groups is 1. The van der Waals surface area contributed by atoms with Crippen molar-refractivity contribution in [1.29, 1.82) is 0 Å². The summed E-state index contributed by atoms with van der Waals surface area (Å²) in [6.45, 7) is 4.76. The molecule has 0 fully saturated rings. The normalized spacial score (nSPS) is 14.1. The predicted molar refractivity (Wildman–Crippen MR) is 74.5 cm³/mol. The Kier molecular flexibility index (Phi) is 10.5. The van der Waals surface area contributed by atoms with Crippen molar-refractivity contribution in [3.8, 4) is 0 Å². The molecule has 2 amide bonds. The third kappa shape index (κ3) is 11.8. The van der Waals surface area contributed by atoms with Crippen LogP contribution in [0.25, 0.3) is 0 Å². The molecule has 0 spiro atoms. The van der Waals surface area contributed by atoms with E-state index >= 15 is 0 Å². The van der Waals surface area contributed by atoms with Gasteiger partial charge in [0.1, 0.15) is 0 Å². The highest BCUT2D eigenvalue weighted by Crippen LogP contribution is 2.17. The minimum Gasteiger partial charge on any atom is -0.393 e. The molecule has 0 aromatic rings. The molecule has 4 nitrogen and oxygen atoms in total. The van der Waals surface area contributed by atoms with Crippen LogP contribution in [0.5, 0.6) is 0 Å². The van der Waals surface area contributed by atoms with Gasteiger partial charge in [-0.2, -0.15) is 11.8 Å². The number of rotatable bonds is 9. The molecular weight excluding hydrogens is 236 g/mol. The van der Waals surface area contributed by atoms with Gasteiger partial charge >= 0.3 is 6.03 Å². The van der Waals surface area contributed by atoms with Gasteiger partial charge in [-0.3, -0.25) is 0 Å². The summed E-state index contributed by atoms with van der Waals surface area (Å²) in [5.41, 5.74) is 0. The van der Waals surface area contributed by atoms with Crippen LogP contribution in [-0.4, -0.2) is 41.8 Å². The van der Waals surface area contributed by atoms with E-state index in [9.17, 15) is 4.79 Å². The third-order valence-corrected chi connectivity index (χ3v) is 3.74. The lowest BCUT2D eigenvalue weighted by atomic mass is 10.1. The molecule has 2 atom stereocenters. The molecule has 0 radical (unpaired) electrons. The second-order valence-electron chi connectivity index (χ2n) is 4.32. The zero-order valence-electron chi connectivity index (χ0n) is 11.2. The Hall–Kier alpha value is -0.420. The molecule has 0 rings (SSSR count). The number of carbonyl (C=O) groups is 1. The van der Waals surface area contributed by atoms with E-state index in [1.165, 1.54) is 12.8 Å². The van der Waals surface area contributed by atoms with E-state index in [-0.39, 0.29) is 12.1 Å². The highest BCUT2D eigenvalue weighted by Gasteiger charge is 2.03. The Balaban J connectivity index is 3.28. The average molecular weight is 262 g/mol. The Morgan fingerprint density at radius 3 is 2.53 bits per heavy atom. The number of hydrogen-bond acceptors (Lipinski definition) is 3. The number of amides is 2.